The molecule has 1 aromatic carbocycles. The lowest BCUT2D eigenvalue weighted by molar-refractivity contribution is -0.128. The van der Waals surface area contributed by atoms with Gasteiger partial charge in [0, 0.05) is 18.6 Å². The van der Waals surface area contributed by atoms with Crippen molar-refractivity contribution in [3.8, 4) is 0 Å². The van der Waals surface area contributed by atoms with E-state index in [0.717, 1.165) is 0 Å². The molecule has 0 fully saturated rings. The molecule has 0 spiro atoms. The number of rotatable bonds is 5. The van der Waals surface area contributed by atoms with Crippen LogP contribution in [0.1, 0.15) is 18.9 Å². The van der Waals surface area contributed by atoms with Gasteiger partial charge in [-0.3, -0.25) is 4.79 Å². The fourth-order valence-electron chi connectivity index (χ4n) is 1.51. The standard InChI is InChI=1S/C12H14ClFO2/c1-3-12(16-2)11(15)7-8-6-9(14)4-5-10(8)13/h4-6,12H,3,7H2,1-2H3. The van der Waals surface area contributed by atoms with Crippen LogP contribution in [-0.2, 0) is 16.0 Å². The Balaban J connectivity index is 2.80. The number of halogens is 2. The minimum absolute atomic E-state index is 0.0856. The van der Waals surface area contributed by atoms with Crippen molar-refractivity contribution >= 4 is 17.4 Å². The summed E-state index contributed by atoms with van der Waals surface area (Å²) in [4.78, 5) is 11.7. The van der Waals surface area contributed by atoms with Gasteiger partial charge in [0.25, 0.3) is 0 Å². The molecule has 0 saturated heterocycles. The van der Waals surface area contributed by atoms with Gasteiger partial charge in [-0.1, -0.05) is 18.5 Å². The molecule has 0 N–H and O–H groups in total. The highest BCUT2D eigenvalue weighted by Crippen LogP contribution is 2.18. The zero-order chi connectivity index (χ0) is 12.1. The molecule has 0 amide bonds. The number of benzene rings is 1. The second-order valence-electron chi connectivity index (χ2n) is 3.51. The predicted molar refractivity (Wildman–Crippen MR) is 61.2 cm³/mol. The molecular weight excluding hydrogens is 231 g/mol. The Morgan fingerprint density at radius 3 is 2.81 bits per heavy atom. The number of methoxy groups -OCH3 is 1. The number of carbonyl (C=O) groups excluding carboxylic acids is 1. The topological polar surface area (TPSA) is 26.3 Å². The molecule has 0 saturated carbocycles. The summed E-state index contributed by atoms with van der Waals surface area (Å²) >= 11 is 5.87. The van der Waals surface area contributed by atoms with Gasteiger partial charge < -0.3 is 4.74 Å². The van der Waals surface area contributed by atoms with Gasteiger partial charge in [0.05, 0.1) is 0 Å². The van der Waals surface area contributed by atoms with Crippen LogP contribution in [-0.4, -0.2) is 19.0 Å². The van der Waals surface area contributed by atoms with Crippen LogP contribution in [0.2, 0.25) is 5.02 Å². The van der Waals surface area contributed by atoms with Crippen molar-refractivity contribution in [3.05, 3.63) is 34.6 Å². The first kappa shape index (κ1) is 13.1. The lowest BCUT2D eigenvalue weighted by Gasteiger charge is -2.12. The van der Waals surface area contributed by atoms with Crippen molar-refractivity contribution in [2.24, 2.45) is 0 Å². The van der Waals surface area contributed by atoms with E-state index in [0.29, 0.717) is 17.0 Å². The monoisotopic (exact) mass is 244 g/mol. The molecule has 2 nitrogen and oxygen atoms in total. The van der Waals surface area contributed by atoms with E-state index < -0.39 is 11.9 Å². The smallest absolute Gasteiger partial charge is 0.165 e. The predicted octanol–water partition coefficient (Wildman–Crippen LogP) is 3.02. The molecule has 1 unspecified atom stereocenters. The molecule has 4 heteroatoms. The largest absolute Gasteiger partial charge is 0.374 e. The maximum atomic E-state index is 13.0. The fourth-order valence-corrected chi connectivity index (χ4v) is 1.69. The van der Waals surface area contributed by atoms with Gasteiger partial charge in [-0.05, 0) is 30.2 Å². The highest BCUT2D eigenvalue weighted by atomic mass is 35.5. The van der Waals surface area contributed by atoms with Gasteiger partial charge in [-0.2, -0.15) is 0 Å². The molecule has 0 heterocycles. The van der Waals surface area contributed by atoms with Crippen molar-refractivity contribution in [1.29, 1.82) is 0 Å². The molecule has 0 aliphatic heterocycles. The molecule has 0 bridgehead atoms. The Kier molecular flexibility index (Phi) is 4.90. The van der Waals surface area contributed by atoms with Crippen LogP contribution >= 0.6 is 11.6 Å². The van der Waals surface area contributed by atoms with Crippen molar-refractivity contribution in [2.75, 3.05) is 7.11 Å². The molecule has 0 aliphatic rings. The third kappa shape index (κ3) is 3.29. The second kappa shape index (κ2) is 5.97. The summed E-state index contributed by atoms with van der Waals surface area (Å²) in [6, 6.07) is 4.00. The summed E-state index contributed by atoms with van der Waals surface area (Å²) in [5, 5.41) is 0.403. The van der Waals surface area contributed by atoms with E-state index in [-0.39, 0.29) is 12.2 Å². The van der Waals surface area contributed by atoms with Crippen LogP contribution in [0.25, 0.3) is 0 Å². The van der Waals surface area contributed by atoms with E-state index in [1.807, 2.05) is 6.92 Å². The normalized spacial score (nSPS) is 12.5. The van der Waals surface area contributed by atoms with E-state index in [2.05, 4.69) is 0 Å². The maximum Gasteiger partial charge on any atom is 0.165 e. The molecule has 0 aromatic heterocycles. The molecule has 88 valence electrons. The van der Waals surface area contributed by atoms with Gasteiger partial charge in [0.1, 0.15) is 11.9 Å². The molecule has 0 radical (unpaired) electrons. The number of carbonyl (C=O) groups is 1. The van der Waals surface area contributed by atoms with Crippen LogP contribution in [0.15, 0.2) is 18.2 Å². The van der Waals surface area contributed by atoms with E-state index in [1.165, 1.54) is 25.3 Å². The average molecular weight is 245 g/mol. The van der Waals surface area contributed by atoms with Gasteiger partial charge in [-0.15, -0.1) is 0 Å². The van der Waals surface area contributed by atoms with Crippen LogP contribution in [0.3, 0.4) is 0 Å². The van der Waals surface area contributed by atoms with Crippen molar-refractivity contribution in [2.45, 2.75) is 25.9 Å². The Morgan fingerprint density at radius 1 is 1.56 bits per heavy atom. The third-order valence-corrected chi connectivity index (χ3v) is 2.76. The van der Waals surface area contributed by atoms with Gasteiger partial charge in [-0.25, -0.2) is 4.39 Å². The van der Waals surface area contributed by atoms with Crippen LogP contribution < -0.4 is 0 Å². The van der Waals surface area contributed by atoms with Crippen LogP contribution in [0.4, 0.5) is 4.39 Å². The summed E-state index contributed by atoms with van der Waals surface area (Å²) in [5.74, 6) is -0.477. The number of hydrogen-bond donors (Lipinski definition) is 0. The van der Waals surface area contributed by atoms with Crippen LogP contribution in [0.5, 0.6) is 0 Å². The summed E-state index contributed by atoms with van der Waals surface area (Å²) < 4.78 is 18.0. The SMILES string of the molecule is CCC(OC)C(=O)Cc1cc(F)ccc1Cl. The minimum atomic E-state index is -0.445. The summed E-state index contributed by atoms with van der Waals surface area (Å²) in [5.41, 5.74) is 0.502. The summed E-state index contributed by atoms with van der Waals surface area (Å²) in [6.07, 6.45) is 0.255. The Morgan fingerprint density at radius 2 is 2.25 bits per heavy atom. The first-order valence-corrected chi connectivity index (χ1v) is 5.45. The average Bonchev–Trinajstić information content (AvgIpc) is 2.25. The molecule has 1 rings (SSSR count). The highest BCUT2D eigenvalue weighted by molar-refractivity contribution is 6.31. The van der Waals surface area contributed by atoms with Crippen LogP contribution in [0, 0.1) is 5.82 Å². The summed E-state index contributed by atoms with van der Waals surface area (Å²) in [6.45, 7) is 1.86. The zero-order valence-corrected chi connectivity index (χ0v) is 10.1. The quantitative estimate of drug-likeness (QED) is 0.796. The van der Waals surface area contributed by atoms with Gasteiger partial charge >= 0.3 is 0 Å². The van der Waals surface area contributed by atoms with E-state index in [9.17, 15) is 9.18 Å². The third-order valence-electron chi connectivity index (χ3n) is 2.39. The Bertz CT molecular complexity index is 375. The highest BCUT2D eigenvalue weighted by Gasteiger charge is 2.17. The second-order valence-corrected chi connectivity index (χ2v) is 3.92. The first-order chi connectivity index (χ1) is 7.58. The lowest BCUT2D eigenvalue weighted by Crippen LogP contribution is -2.23. The number of hydrogen-bond acceptors (Lipinski definition) is 2. The van der Waals surface area contributed by atoms with E-state index in [4.69, 9.17) is 16.3 Å². The molecule has 1 atom stereocenters. The van der Waals surface area contributed by atoms with E-state index >= 15 is 0 Å². The van der Waals surface area contributed by atoms with E-state index in [1.54, 1.807) is 0 Å². The Hall–Kier alpha value is -0.930. The molecule has 0 aliphatic carbocycles. The minimum Gasteiger partial charge on any atom is -0.374 e. The van der Waals surface area contributed by atoms with Crippen molar-refractivity contribution < 1.29 is 13.9 Å². The zero-order valence-electron chi connectivity index (χ0n) is 9.30. The molecule has 16 heavy (non-hydrogen) atoms. The summed E-state index contributed by atoms with van der Waals surface area (Å²) in [7, 11) is 1.49. The fraction of sp³-hybridized carbons (Fsp3) is 0.417. The van der Waals surface area contributed by atoms with Crippen molar-refractivity contribution in [1.82, 2.24) is 0 Å². The maximum absolute atomic E-state index is 13.0. The van der Waals surface area contributed by atoms with Gasteiger partial charge in [0.2, 0.25) is 0 Å². The van der Waals surface area contributed by atoms with Crippen molar-refractivity contribution in [3.63, 3.8) is 0 Å². The number of Topliss-reactive ketones (excluding diaryl/α,β-unsaturated/α-hetero) is 1. The number of ketones is 1. The molecular formula is C12H14ClFO2. The molecule has 1 aromatic rings. The first-order valence-electron chi connectivity index (χ1n) is 5.08. The Labute approximate surface area is 99.4 Å². The van der Waals surface area contributed by atoms with Gasteiger partial charge in [0.15, 0.2) is 5.78 Å². The number of ether oxygens (including phenoxy) is 1. The lowest BCUT2D eigenvalue weighted by atomic mass is 10.0.